The van der Waals surface area contributed by atoms with Crippen molar-refractivity contribution in [1.82, 2.24) is 0 Å². The fourth-order valence-corrected chi connectivity index (χ4v) is 1.23. The van der Waals surface area contributed by atoms with Gasteiger partial charge in [-0.1, -0.05) is 0 Å². The summed E-state index contributed by atoms with van der Waals surface area (Å²) in [6, 6.07) is 0. The lowest BCUT2D eigenvalue weighted by Crippen LogP contribution is -2.22. The van der Waals surface area contributed by atoms with Crippen molar-refractivity contribution in [3.8, 4) is 0 Å². The monoisotopic (exact) mass is 166 g/mol. The molecule has 0 bridgehead atoms. The Balaban J connectivity index is 2.36. The molecule has 0 aliphatic carbocycles. The molecule has 0 amide bonds. The molecule has 1 fully saturated rings. The van der Waals surface area contributed by atoms with Crippen LogP contribution < -0.4 is 0 Å². The average molecular weight is 167 g/mol. The van der Waals surface area contributed by atoms with Crippen LogP contribution in [0.15, 0.2) is 0 Å². The van der Waals surface area contributed by atoms with Crippen LogP contribution in [-0.2, 0) is 9.47 Å². The quantitative estimate of drug-likeness (QED) is 0.602. The van der Waals surface area contributed by atoms with Gasteiger partial charge in [0.15, 0.2) is 6.29 Å². The van der Waals surface area contributed by atoms with Crippen molar-refractivity contribution in [2.24, 2.45) is 0 Å². The van der Waals surface area contributed by atoms with E-state index in [0.29, 0.717) is 12.3 Å². The maximum absolute atomic E-state index is 9.18. The van der Waals surface area contributed by atoms with Crippen molar-refractivity contribution in [2.45, 2.75) is 24.9 Å². The molecule has 1 rings (SSSR count). The van der Waals surface area contributed by atoms with E-state index in [1.54, 1.807) is 0 Å². The van der Waals surface area contributed by atoms with Gasteiger partial charge in [0, 0.05) is 19.4 Å². The van der Waals surface area contributed by atoms with E-state index in [1.165, 1.54) is 7.11 Å². The van der Waals surface area contributed by atoms with E-state index in [9.17, 15) is 5.11 Å². The number of halogens is 1. The van der Waals surface area contributed by atoms with Crippen LogP contribution in [-0.4, -0.2) is 36.6 Å². The predicted molar refractivity (Wildman–Crippen MR) is 37.0 cm³/mol. The van der Waals surface area contributed by atoms with Crippen LogP contribution in [0.1, 0.15) is 6.42 Å². The molecule has 0 aromatic carbocycles. The lowest BCUT2D eigenvalue weighted by Gasteiger charge is -2.10. The maximum Gasteiger partial charge on any atom is 0.183 e. The van der Waals surface area contributed by atoms with Crippen LogP contribution in [0, 0.1) is 0 Å². The van der Waals surface area contributed by atoms with Gasteiger partial charge in [0.1, 0.15) is 6.10 Å². The SMILES string of the molecule is CO[C@@H]1O[C@H](CCl)C[C@H]1O. The first-order chi connectivity index (χ1) is 4.77. The molecule has 0 aromatic rings. The Hall–Kier alpha value is 0.170. The zero-order chi connectivity index (χ0) is 7.56. The molecule has 0 radical (unpaired) electrons. The topological polar surface area (TPSA) is 38.7 Å². The number of hydrogen-bond acceptors (Lipinski definition) is 3. The standard InChI is InChI=1S/C6H11ClO3/c1-9-6-5(8)2-4(3-7)10-6/h4-6,8H,2-3H2,1H3/t4-,5+,6+/m0/s1. The summed E-state index contributed by atoms with van der Waals surface area (Å²) in [6.07, 6.45) is -0.485. The van der Waals surface area contributed by atoms with E-state index in [1.807, 2.05) is 0 Å². The van der Waals surface area contributed by atoms with E-state index in [4.69, 9.17) is 21.1 Å². The Morgan fingerprint density at radius 2 is 2.50 bits per heavy atom. The molecule has 1 N–H and O–H groups in total. The molecule has 3 atom stereocenters. The molecule has 1 aliphatic heterocycles. The van der Waals surface area contributed by atoms with Crippen molar-refractivity contribution >= 4 is 11.6 Å². The largest absolute Gasteiger partial charge is 0.388 e. The van der Waals surface area contributed by atoms with E-state index in [-0.39, 0.29) is 6.10 Å². The number of methoxy groups -OCH3 is 1. The highest BCUT2D eigenvalue weighted by Crippen LogP contribution is 2.21. The van der Waals surface area contributed by atoms with Gasteiger partial charge in [-0.3, -0.25) is 0 Å². The molecule has 1 heterocycles. The highest BCUT2D eigenvalue weighted by atomic mass is 35.5. The van der Waals surface area contributed by atoms with Crippen LogP contribution in [0.4, 0.5) is 0 Å². The molecule has 1 aliphatic rings. The Bertz CT molecular complexity index is 109. The Kier molecular flexibility index (Phi) is 2.92. The van der Waals surface area contributed by atoms with E-state index in [0.717, 1.165) is 0 Å². The van der Waals surface area contributed by atoms with Crippen LogP contribution in [0.5, 0.6) is 0 Å². The highest BCUT2D eigenvalue weighted by Gasteiger charge is 2.32. The second-order valence-electron chi connectivity index (χ2n) is 2.32. The molecule has 0 unspecified atom stereocenters. The van der Waals surface area contributed by atoms with Crippen LogP contribution >= 0.6 is 11.6 Å². The smallest absolute Gasteiger partial charge is 0.183 e. The molecule has 3 nitrogen and oxygen atoms in total. The van der Waals surface area contributed by atoms with Crippen molar-refractivity contribution in [3.05, 3.63) is 0 Å². The predicted octanol–water partition coefficient (Wildman–Crippen LogP) is 0.347. The number of rotatable bonds is 2. The van der Waals surface area contributed by atoms with E-state index >= 15 is 0 Å². The molecule has 60 valence electrons. The third kappa shape index (κ3) is 1.61. The van der Waals surface area contributed by atoms with Gasteiger partial charge in [0.2, 0.25) is 0 Å². The minimum absolute atomic E-state index is 0.0541. The molecule has 0 spiro atoms. The minimum Gasteiger partial charge on any atom is -0.388 e. The fourth-order valence-electron chi connectivity index (χ4n) is 1.03. The first-order valence-electron chi connectivity index (χ1n) is 3.20. The highest BCUT2D eigenvalue weighted by molar-refractivity contribution is 6.18. The van der Waals surface area contributed by atoms with Gasteiger partial charge in [-0.25, -0.2) is 0 Å². The van der Waals surface area contributed by atoms with Gasteiger partial charge in [-0.05, 0) is 0 Å². The number of aliphatic hydroxyl groups is 1. The van der Waals surface area contributed by atoms with Crippen molar-refractivity contribution in [3.63, 3.8) is 0 Å². The summed E-state index contributed by atoms with van der Waals surface area (Å²) in [4.78, 5) is 0. The van der Waals surface area contributed by atoms with Crippen LogP contribution in [0.2, 0.25) is 0 Å². The average Bonchev–Trinajstić information content (AvgIpc) is 2.30. The van der Waals surface area contributed by atoms with Gasteiger partial charge in [-0.15, -0.1) is 11.6 Å². The third-order valence-corrected chi connectivity index (χ3v) is 1.89. The van der Waals surface area contributed by atoms with Gasteiger partial charge >= 0.3 is 0 Å². The van der Waals surface area contributed by atoms with E-state index in [2.05, 4.69) is 0 Å². The summed E-state index contributed by atoms with van der Waals surface area (Å²) in [5.41, 5.74) is 0. The summed E-state index contributed by atoms with van der Waals surface area (Å²) in [5, 5.41) is 9.18. The summed E-state index contributed by atoms with van der Waals surface area (Å²) >= 11 is 5.50. The summed E-state index contributed by atoms with van der Waals surface area (Å²) in [7, 11) is 1.50. The third-order valence-electron chi connectivity index (χ3n) is 1.55. The number of alkyl halides is 1. The molecule has 0 saturated carbocycles. The molecular weight excluding hydrogens is 156 g/mol. The van der Waals surface area contributed by atoms with E-state index < -0.39 is 12.4 Å². The zero-order valence-corrected chi connectivity index (χ0v) is 6.54. The molecule has 1 saturated heterocycles. The maximum atomic E-state index is 9.18. The molecular formula is C6H11ClO3. The lowest BCUT2D eigenvalue weighted by molar-refractivity contribution is -0.144. The summed E-state index contributed by atoms with van der Waals surface area (Å²) < 4.78 is 9.99. The van der Waals surface area contributed by atoms with Gasteiger partial charge in [0.25, 0.3) is 0 Å². The normalized spacial score (nSPS) is 40.5. The fraction of sp³-hybridized carbons (Fsp3) is 1.00. The molecule has 4 heteroatoms. The van der Waals surface area contributed by atoms with Crippen LogP contribution in [0.25, 0.3) is 0 Å². The summed E-state index contributed by atoms with van der Waals surface area (Å²) in [6.45, 7) is 0. The molecule has 0 aromatic heterocycles. The van der Waals surface area contributed by atoms with Gasteiger partial charge in [0.05, 0.1) is 6.10 Å². The van der Waals surface area contributed by atoms with Crippen LogP contribution in [0.3, 0.4) is 0 Å². The lowest BCUT2D eigenvalue weighted by atomic mass is 10.2. The Labute approximate surface area is 64.9 Å². The Morgan fingerprint density at radius 3 is 2.80 bits per heavy atom. The second-order valence-corrected chi connectivity index (χ2v) is 2.63. The van der Waals surface area contributed by atoms with Crippen molar-refractivity contribution in [1.29, 1.82) is 0 Å². The number of hydrogen-bond donors (Lipinski definition) is 1. The Morgan fingerprint density at radius 1 is 1.80 bits per heavy atom. The van der Waals surface area contributed by atoms with Crippen molar-refractivity contribution < 1.29 is 14.6 Å². The minimum atomic E-state index is -0.520. The summed E-state index contributed by atoms with van der Waals surface area (Å²) in [5.74, 6) is 0.414. The first kappa shape index (κ1) is 8.27. The van der Waals surface area contributed by atoms with Gasteiger partial charge < -0.3 is 14.6 Å². The van der Waals surface area contributed by atoms with Crippen molar-refractivity contribution in [2.75, 3.05) is 13.0 Å². The number of aliphatic hydroxyl groups excluding tert-OH is 1. The van der Waals surface area contributed by atoms with Gasteiger partial charge in [-0.2, -0.15) is 0 Å². The molecule has 10 heavy (non-hydrogen) atoms. The first-order valence-corrected chi connectivity index (χ1v) is 3.73. The number of ether oxygens (including phenoxy) is 2. The second kappa shape index (κ2) is 3.53. The zero-order valence-electron chi connectivity index (χ0n) is 5.79.